The van der Waals surface area contributed by atoms with Gasteiger partial charge in [0, 0.05) is 0 Å². The molecule has 0 aromatic heterocycles. The highest BCUT2D eigenvalue weighted by Gasteiger charge is 2.54. The van der Waals surface area contributed by atoms with Gasteiger partial charge in [-0.1, -0.05) is 152 Å². The third-order valence-electron chi connectivity index (χ3n) is 9.78. The fraction of sp³-hybridized carbons (Fsp3) is 0.239. The van der Waals surface area contributed by atoms with Gasteiger partial charge < -0.3 is 34.3 Å². The van der Waals surface area contributed by atoms with Gasteiger partial charge in [0.1, 0.15) is 17.8 Å². The van der Waals surface area contributed by atoms with Gasteiger partial charge in [-0.3, -0.25) is 9.59 Å². The van der Waals surface area contributed by atoms with Crippen molar-refractivity contribution < 1.29 is 38.4 Å². The summed E-state index contributed by atoms with van der Waals surface area (Å²) in [5.41, 5.74) is 4.09. The van der Waals surface area contributed by atoms with Crippen molar-refractivity contribution >= 4 is 17.8 Å². The predicted octanol–water partition coefficient (Wildman–Crippen LogP) is 6.59. The molecule has 2 N–H and O–H groups in total. The molecule has 5 unspecified atom stereocenters. The number of rotatable bonds is 15. The summed E-state index contributed by atoms with van der Waals surface area (Å²) in [4.78, 5) is 44.2. The lowest BCUT2D eigenvalue weighted by Crippen LogP contribution is -2.74. The summed E-state index contributed by atoms with van der Waals surface area (Å²) in [5, 5.41) is 14.7. The van der Waals surface area contributed by atoms with Crippen molar-refractivity contribution in [1.29, 1.82) is 0 Å². The maximum absolute atomic E-state index is 14.4. The molecule has 5 aromatic carbocycles. The van der Waals surface area contributed by atoms with E-state index < -0.39 is 54.5 Å². The number of hydrogen-bond donors (Lipinski definition) is 2. The van der Waals surface area contributed by atoms with Crippen LogP contribution in [0.4, 0.5) is 0 Å². The Kier molecular flexibility index (Phi) is 12.0. The van der Waals surface area contributed by atoms with Crippen molar-refractivity contribution in [3.05, 3.63) is 191 Å². The van der Waals surface area contributed by atoms with E-state index in [-0.39, 0.29) is 18.4 Å². The fourth-order valence-corrected chi connectivity index (χ4v) is 6.87. The fourth-order valence-electron chi connectivity index (χ4n) is 6.87. The van der Waals surface area contributed by atoms with Crippen molar-refractivity contribution in [2.75, 3.05) is 13.2 Å². The van der Waals surface area contributed by atoms with E-state index in [0.717, 1.165) is 22.3 Å². The summed E-state index contributed by atoms with van der Waals surface area (Å²) in [7, 11) is 0. The molecule has 0 spiro atoms. The number of likely N-dealkylation sites (tertiary alicyclic amines) is 1. The van der Waals surface area contributed by atoms with Crippen LogP contribution in [0.3, 0.4) is 0 Å². The number of nitrogens with zero attached hydrogens (tertiary/aromatic N) is 1. The molecule has 1 amide bonds. The van der Waals surface area contributed by atoms with E-state index in [1.807, 2.05) is 121 Å². The largest absolute Gasteiger partial charge is 0.452 e. The summed E-state index contributed by atoms with van der Waals surface area (Å²) < 4.78 is 24.0. The van der Waals surface area contributed by atoms with Crippen LogP contribution in [-0.2, 0) is 33.3 Å². The molecule has 2 aliphatic heterocycles. The summed E-state index contributed by atoms with van der Waals surface area (Å²) >= 11 is 0. The van der Waals surface area contributed by atoms with Crippen LogP contribution < -0.4 is 5.32 Å². The molecule has 0 bridgehead atoms. The molecule has 10 nitrogen and oxygen atoms in total. The molecular weight excluding hydrogens is 709 g/mol. The number of aliphatic hydroxyl groups is 1. The van der Waals surface area contributed by atoms with E-state index >= 15 is 0 Å². The van der Waals surface area contributed by atoms with Crippen LogP contribution in [0.5, 0.6) is 0 Å². The highest BCUT2D eigenvalue weighted by Crippen LogP contribution is 2.36. The molecule has 2 fully saturated rings. The number of nitrogens with one attached hydrogen (secondary N) is 1. The second-order valence-electron chi connectivity index (χ2n) is 14.0. The summed E-state index contributed by atoms with van der Waals surface area (Å²) in [6.07, 6.45) is -4.10. The van der Waals surface area contributed by atoms with Crippen LogP contribution in [0.25, 0.3) is 0 Å². The second-order valence-corrected chi connectivity index (χ2v) is 14.0. The molecule has 56 heavy (non-hydrogen) atoms. The third kappa shape index (κ3) is 8.74. The van der Waals surface area contributed by atoms with Crippen LogP contribution in [0.2, 0.25) is 0 Å². The van der Waals surface area contributed by atoms with Gasteiger partial charge in [0.2, 0.25) is 5.91 Å². The highest BCUT2D eigenvalue weighted by atomic mass is 16.6. The molecule has 7 rings (SSSR count). The SMILES string of the molecule is CC(C)=C(C(=O)OC(c1ccccc1)c1ccccc1)N1C(O)C(NC(=O)C(C(=O)OC(c2ccccc2)c2ccccc2)c2ccccc2)C1OCC1CO1. The number of epoxide rings is 1. The molecule has 2 heterocycles. The van der Waals surface area contributed by atoms with Gasteiger partial charge in [0.05, 0.1) is 13.2 Å². The molecule has 2 aliphatic rings. The minimum absolute atomic E-state index is 0.0918. The number of allylic oxidation sites excluding steroid dienone is 1. The summed E-state index contributed by atoms with van der Waals surface area (Å²) in [6, 6.07) is 45.0. The zero-order valence-corrected chi connectivity index (χ0v) is 31.1. The van der Waals surface area contributed by atoms with Crippen molar-refractivity contribution in [1.82, 2.24) is 10.2 Å². The number of ether oxygens (including phenoxy) is 4. The molecule has 286 valence electrons. The summed E-state index contributed by atoms with van der Waals surface area (Å²) in [5.74, 6) is -3.55. The monoisotopic (exact) mass is 752 g/mol. The van der Waals surface area contributed by atoms with E-state index in [2.05, 4.69) is 5.32 Å². The second kappa shape index (κ2) is 17.6. The Hall–Kier alpha value is -6.07. The number of amides is 1. The lowest BCUT2D eigenvalue weighted by atomic mass is 9.94. The van der Waals surface area contributed by atoms with Crippen LogP contribution in [0.15, 0.2) is 163 Å². The Bertz CT molecular complexity index is 2030. The Morgan fingerprint density at radius 3 is 1.50 bits per heavy atom. The number of carbonyl (C=O) groups is 3. The van der Waals surface area contributed by atoms with Gasteiger partial charge in [-0.2, -0.15) is 0 Å². The molecule has 0 radical (unpaired) electrons. The maximum atomic E-state index is 14.4. The van der Waals surface area contributed by atoms with Crippen LogP contribution >= 0.6 is 0 Å². The average Bonchev–Trinajstić information content (AvgIpc) is 4.07. The van der Waals surface area contributed by atoms with Crippen molar-refractivity contribution in [3.8, 4) is 0 Å². The molecule has 5 atom stereocenters. The van der Waals surface area contributed by atoms with E-state index in [4.69, 9.17) is 18.9 Å². The minimum atomic E-state index is -1.41. The summed E-state index contributed by atoms with van der Waals surface area (Å²) in [6.45, 7) is 4.15. The van der Waals surface area contributed by atoms with E-state index in [1.165, 1.54) is 4.90 Å². The normalized spacial score (nSPS) is 19.1. The number of carbonyl (C=O) groups excluding carboxylic acids is 3. The Morgan fingerprint density at radius 1 is 0.679 bits per heavy atom. The average molecular weight is 753 g/mol. The molecule has 5 aromatic rings. The number of esters is 2. The third-order valence-corrected chi connectivity index (χ3v) is 9.78. The highest BCUT2D eigenvalue weighted by molar-refractivity contribution is 6.03. The first-order valence-corrected chi connectivity index (χ1v) is 18.6. The topological polar surface area (TPSA) is 127 Å². The zero-order chi connectivity index (χ0) is 39.0. The Labute approximate surface area is 326 Å². The lowest BCUT2D eigenvalue weighted by Gasteiger charge is -2.53. The first kappa shape index (κ1) is 38.2. The molecule has 0 saturated carbocycles. The Morgan fingerprint density at radius 2 is 1.09 bits per heavy atom. The van der Waals surface area contributed by atoms with Crippen molar-refractivity contribution in [2.45, 2.75) is 56.6 Å². The quantitative estimate of drug-likeness (QED) is 0.0527. The first-order valence-electron chi connectivity index (χ1n) is 18.6. The van der Waals surface area contributed by atoms with Gasteiger partial charge in [0.15, 0.2) is 30.6 Å². The molecule has 10 heteroatoms. The maximum Gasteiger partial charge on any atom is 0.355 e. The zero-order valence-electron chi connectivity index (χ0n) is 31.1. The number of benzene rings is 5. The van der Waals surface area contributed by atoms with Crippen LogP contribution in [0, 0.1) is 0 Å². The van der Waals surface area contributed by atoms with E-state index in [9.17, 15) is 19.5 Å². The van der Waals surface area contributed by atoms with E-state index in [1.54, 1.807) is 44.2 Å². The van der Waals surface area contributed by atoms with Crippen molar-refractivity contribution in [3.63, 3.8) is 0 Å². The molecular formula is C46H44N2O8. The van der Waals surface area contributed by atoms with Crippen LogP contribution in [0.1, 0.15) is 59.8 Å². The van der Waals surface area contributed by atoms with Crippen molar-refractivity contribution in [2.24, 2.45) is 0 Å². The van der Waals surface area contributed by atoms with E-state index in [0.29, 0.717) is 17.7 Å². The lowest BCUT2D eigenvalue weighted by molar-refractivity contribution is -0.234. The van der Waals surface area contributed by atoms with Gasteiger partial charge in [-0.05, 0) is 47.2 Å². The van der Waals surface area contributed by atoms with Gasteiger partial charge in [-0.15, -0.1) is 0 Å². The van der Waals surface area contributed by atoms with Gasteiger partial charge >= 0.3 is 11.9 Å². The minimum Gasteiger partial charge on any atom is -0.452 e. The number of hydrogen-bond acceptors (Lipinski definition) is 9. The molecule has 2 saturated heterocycles. The smallest absolute Gasteiger partial charge is 0.355 e. The Balaban J connectivity index is 1.15. The molecule has 0 aliphatic carbocycles. The van der Waals surface area contributed by atoms with Gasteiger partial charge in [0.25, 0.3) is 0 Å². The number of aliphatic hydroxyl groups excluding tert-OH is 1. The predicted molar refractivity (Wildman–Crippen MR) is 208 cm³/mol. The first-order chi connectivity index (χ1) is 27.3. The van der Waals surface area contributed by atoms with Crippen LogP contribution in [-0.4, -0.2) is 65.7 Å². The van der Waals surface area contributed by atoms with Gasteiger partial charge in [-0.25, -0.2) is 4.79 Å². The standard InChI is InChI=1S/C46H44N2O8/c1-30(2)39(46(52)56-41(34-24-14-6-15-25-34)35-26-16-7-17-27-35)48-43(50)38(44(48)54-29-36-28-53-36)47-42(49)37(31-18-8-3-9-19-31)45(51)55-40(32-20-10-4-11-21-32)33-22-12-5-13-23-33/h3-27,36-38,40-41,43-44,50H,28-29H2,1-2H3,(H,47,49).